The van der Waals surface area contributed by atoms with E-state index in [1.54, 1.807) is 0 Å². The Bertz CT molecular complexity index is 545. The second-order valence-electron chi connectivity index (χ2n) is 9.20. The average Bonchev–Trinajstić information content (AvgIpc) is 2.74. The number of hydrogen-bond acceptors (Lipinski definition) is 1. The zero-order valence-electron chi connectivity index (χ0n) is 18.6. The first-order chi connectivity index (χ1) is 13.8. The molecule has 0 amide bonds. The van der Waals surface area contributed by atoms with Gasteiger partial charge in [-0.25, -0.2) is 0 Å². The molecule has 1 fully saturated rings. The molecule has 1 unspecified atom stereocenters. The van der Waals surface area contributed by atoms with Crippen molar-refractivity contribution < 1.29 is 0 Å². The molecule has 1 aromatic carbocycles. The molecule has 1 aliphatic carbocycles. The number of nitrogens with zero attached hydrogens (tertiary/aromatic N) is 1. The summed E-state index contributed by atoms with van der Waals surface area (Å²) in [4.78, 5) is 0. The third-order valence-electron chi connectivity index (χ3n) is 6.89. The van der Waals surface area contributed by atoms with Crippen molar-refractivity contribution in [2.45, 2.75) is 110 Å². The summed E-state index contributed by atoms with van der Waals surface area (Å²) in [7, 11) is 0. The number of aryl methyl sites for hydroxylation is 1. The average molecular weight is 382 g/mol. The zero-order valence-corrected chi connectivity index (χ0v) is 18.6. The molecule has 0 radical (unpaired) electrons. The first kappa shape index (κ1) is 23.0. The molecule has 0 N–H and O–H groups in total. The van der Waals surface area contributed by atoms with Crippen LogP contribution in [0.15, 0.2) is 24.3 Å². The van der Waals surface area contributed by atoms with Gasteiger partial charge in [0.1, 0.15) is 0 Å². The molecule has 28 heavy (non-hydrogen) atoms. The Morgan fingerprint density at radius 2 is 1.43 bits per heavy atom. The molecule has 1 nitrogen and oxygen atoms in total. The molecule has 1 aromatic rings. The fraction of sp³-hybridized carbons (Fsp3) is 0.741. The Hall–Kier alpha value is -1.29. The van der Waals surface area contributed by atoms with Crippen molar-refractivity contribution in [3.63, 3.8) is 0 Å². The molecule has 0 saturated heterocycles. The Morgan fingerprint density at radius 1 is 0.821 bits per heavy atom. The van der Waals surface area contributed by atoms with Crippen LogP contribution in [0.1, 0.15) is 108 Å². The lowest BCUT2D eigenvalue weighted by Gasteiger charge is -2.31. The summed E-state index contributed by atoms with van der Waals surface area (Å²) in [5.41, 5.74) is 2.82. The smallest absolute Gasteiger partial charge is 0.0662 e. The van der Waals surface area contributed by atoms with Crippen LogP contribution in [0.4, 0.5) is 0 Å². The number of benzene rings is 1. The van der Waals surface area contributed by atoms with E-state index in [2.05, 4.69) is 44.2 Å². The van der Waals surface area contributed by atoms with Gasteiger partial charge in [0.25, 0.3) is 0 Å². The lowest BCUT2D eigenvalue weighted by atomic mass is 9.73. The first-order valence-electron chi connectivity index (χ1n) is 12.2. The fourth-order valence-electron chi connectivity index (χ4n) is 4.90. The van der Waals surface area contributed by atoms with Crippen LogP contribution >= 0.6 is 0 Å². The maximum absolute atomic E-state index is 9.76. The highest BCUT2D eigenvalue weighted by molar-refractivity contribution is 5.24. The van der Waals surface area contributed by atoms with Gasteiger partial charge >= 0.3 is 0 Å². The highest BCUT2D eigenvalue weighted by Crippen LogP contribution is 2.36. The predicted octanol–water partition coefficient (Wildman–Crippen LogP) is 8.27. The van der Waals surface area contributed by atoms with Crippen molar-refractivity contribution in [1.82, 2.24) is 0 Å². The third-order valence-corrected chi connectivity index (χ3v) is 6.89. The van der Waals surface area contributed by atoms with E-state index in [-0.39, 0.29) is 5.92 Å². The van der Waals surface area contributed by atoms with E-state index >= 15 is 0 Å². The van der Waals surface area contributed by atoms with Crippen LogP contribution < -0.4 is 0 Å². The molecule has 0 aromatic heterocycles. The summed E-state index contributed by atoms with van der Waals surface area (Å²) < 4.78 is 0. The minimum atomic E-state index is 0.205. The molecule has 0 spiro atoms. The summed E-state index contributed by atoms with van der Waals surface area (Å²) in [5, 5.41) is 9.76. The van der Waals surface area contributed by atoms with Crippen LogP contribution in [0, 0.1) is 29.1 Å². The quantitative estimate of drug-likeness (QED) is 0.315. The van der Waals surface area contributed by atoms with Gasteiger partial charge in [-0.15, -0.1) is 0 Å². The van der Waals surface area contributed by atoms with Crippen LogP contribution in [0.2, 0.25) is 0 Å². The van der Waals surface area contributed by atoms with E-state index in [1.165, 1.54) is 101 Å². The summed E-state index contributed by atoms with van der Waals surface area (Å²) in [6.07, 6.45) is 19.6. The van der Waals surface area contributed by atoms with Gasteiger partial charge in [0, 0.05) is 0 Å². The lowest BCUT2D eigenvalue weighted by molar-refractivity contribution is 0.221. The van der Waals surface area contributed by atoms with Gasteiger partial charge in [-0.2, -0.15) is 5.26 Å². The van der Waals surface area contributed by atoms with E-state index in [0.29, 0.717) is 5.92 Å². The number of hydrogen-bond donors (Lipinski definition) is 0. The second kappa shape index (κ2) is 13.8. The number of unbranched alkanes of at least 4 members (excludes halogenated alkanes) is 6. The molecule has 0 heterocycles. The first-order valence-corrected chi connectivity index (χ1v) is 12.2. The van der Waals surface area contributed by atoms with E-state index in [1.807, 2.05) is 0 Å². The van der Waals surface area contributed by atoms with Gasteiger partial charge < -0.3 is 0 Å². The minimum absolute atomic E-state index is 0.205. The van der Waals surface area contributed by atoms with Crippen LogP contribution in [-0.2, 0) is 12.8 Å². The van der Waals surface area contributed by atoms with Gasteiger partial charge in [-0.05, 0) is 55.1 Å². The maximum atomic E-state index is 9.76. The van der Waals surface area contributed by atoms with Crippen molar-refractivity contribution in [3.8, 4) is 6.07 Å². The van der Waals surface area contributed by atoms with E-state index in [9.17, 15) is 5.26 Å². The highest BCUT2D eigenvalue weighted by atomic mass is 14.4. The van der Waals surface area contributed by atoms with Gasteiger partial charge in [0.15, 0.2) is 0 Å². The van der Waals surface area contributed by atoms with Crippen LogP contribution in [0.25, 0.3) is 0 Å². The van der Waals surface area contributed by atoms with Crippen molar-refractivity contribution in [1.29, 1.82) is 5.26 Å². The van der Waals surface area contributed by atoms with Crippen molar-refractivity contribution >= 4 is 0 Å². The van der Waals surface area contributed by atoms with Crippen molar-refractivity contribution in [2.24, 2.45) is 17.8 Å². The van der Waals surface area contributed by atoms with Crippen molar-refractivity contribution in [2.75, 3.05) is 0 Å². The number of rotatable bonds is 13. The molecule has 2 rings (SSSR count). The van der Waals surface area contributed by atoms with Gasteiger partial charge in [-0.1, -0.05) is 102 Å². The standard InChI is InChI=1S/C27H43N/c1-3-5-7-8-9-10-12-24-13-15-25(16-14-24)21-27(22-28)26-19-17-23(18-20-26)11-6-4-2/h13-16,23,26-27H,3-12,17-21H2,1-2H3. The largest absolute Gasteiger partial charge is 0.198 e. The van der Waals surface area contributed by atoms with Crippen LogP contribution in [-0.4, -0.2) is 0 Å². The summed E-state index contributed by atoms with van der Waals surface area (Å²) >= 11 is 0. The molecular weight excluding hydrogens is 338 g/mol. The van der Waals surface area contributed by atoms with Gasteiger partial charge in [-0.3, -0.25) is 0 Å². The summed E-state index contributed by atoms with van der Waals surface area (Å²) in [6, 6.07) is 11.8. The normalized spacial score (nSPS) is 20.6. The molecule has 0 bridgehead atoms. The summed E-state index contributed by atoms with van der Waals surface area (Å²) in [5.74, 6) is 1.75. The number of nitriles is 1. The molecule has 156 valence electrons. The second-order valence-corrected chi connectivity index (χ2v) is 9.20. The van der Waals surface area contributed by atoms with Gasteiger partial charge in [0.05, 0.1) is 12.0 Å². The molecule has 1 saturated carbocycles. The predicted molar refractivity (Wildman–Crippen MR) is 121 cm³/mol. The molecular formula is C27H43N. The van der Waals surface area contributed by atoms with E-state index < -0.39 is 0 Å². The van der Waals surface area contributed by atoms with Crippen molar-refractivity contribution in [3.05, 3.63) is 35.4 Å². The molecule has 1 aliphatic rings. The molecule has 1 atom stereocenters. The van der Waals surface area contributed by atoms with Crippen LogP contribution in [0.5, 0.6) is 0 Å². The highest BCUT2D eigenvalue weighted by Gasteiger charge is 2.27. The Balaban J connectivity index is 1.72. The van der Waals surface area contributed by atoms with E-state index in [0.717, 1.165) is 12.3 Å². The lowest BCUT2D eigenvalue weighted by Crippen LogP contribution is -2.22. The maximum Gasteiger partial charge on any atom is 0.0662 e. The Morgan fingerprint density at radius 3 is 2.07 bits per heavy atom. The SMILES string of the molecule is CCCCCCCCc1ccc(CC(C#N)C2CCC(CCCC)CC2)cc1. The Kier molecular flexibility index (Phi) is 11.3. The molecule has 0 aliphatic heterocycles. The fourth-order valence-corrected chi connectivity index (χ4v) is 4.90. The Labute approximate surface area is 174 Å². The topological polar surface area (TPSA) is 23.8 Å². The zero-order chi connectivity index (χ0) is 20.0. The van der Waals surface area contributed by atoms with Crippen LogP contribution in [0.3, 0.4) is 0 Å². The van der Waals surface area contributed by atoms with E-state index in [4.69, 9.17) is 0 Å². The molecule has 1 heteroatoms. The third kappa shape index (κ3) is 8.38. The monoisotopic (exact) mass is 381 g/mol. The van der Waals surface area contributed by atoms with Gasteiger partial charge in [0.2, 0.25) is 0 Å². The summed E-state index contributed by atoms with van der Waals surface area (Å²) in [6.45, 7) is 4.56. The minimum Gasteiger partial charge on any atom is -0.198 e.